The summed E-state index contributed by atoms with van der Waals surface area (Å²) in [5, 5.41) is 0. The molecule has 0 rings (SSSR count). The van der Waals surface area contributed by atoms with Crippen LogP contribution in [0, 0.1) is 0 Å². The van der Waals surface area contributed by atoms with E-state index < -0.39 is 0 Å². The van der Waals surface area contributed by atoms with Crippen molar-refractivity contribution in [3.63, 3.8) is 0 Å². The second-order valence-electron chi connectivity index (χ2n) is 2.00. The van der Waals surface area contributed by atoms with Crippen molar-refractivity contribution in [2.45, 2.75) is 41.0 Å². The Kier molecular flexibility index (Phi) is 11.1. The van der Waals surface area contributed by atoms with Gasteiger partial charge in [-0.05, 0) is 25.8 Å². The Morgan fingerprint density at radius 1 is 1.36 bits per heavy atom. The lowest BCUT2D eigenvalue weighted by Gasteiger charge is -1.99. The zero-order valence-electron chi connectivity index (χ0n) is 8.73. The summed E-state index contributed by atoms with van der Waals surface area (Å²) in [5.41, 5.74) is 2.50. The zero-order chi connectivity index (χ0) is 9.28. The van der Waals surface area contributed by atoms with E-state index in [4.69, 9.17) is 0 Å². The first-order valence-electron chi connectivity index (χ1n) is 4.35. The SMILES string of the molecule is C/C=C(/C)C(CC)=NC.CC. The van der Waals surface area contributed by atoms with E-state index >= 15 is 0 Å². The summed E-state index contributed by atoms with van der Waals surface area (Å²) in [4.78, 5) is 4.13. The van der Waals surface area contributed by atoms with Gasteiger partial charge >= 0.3 is 0 Å². The molecule has 0 saturated carbocycles. The van der Waals surface area contributed by atoms with Crippen molar-refractivity contribution in [2.24, 2.45) is 4.99 Å². The van der Waals surface area contributed by atoms with Gasteiger partial charge in [-0.1, -0.05) is 26.8 Å². The highest BCUT2D eigenvalue weighted by Crippen LogP contribution is 1.99. The van der Waals surface area contributed by atoms with Gasteiger partial charge in [0.2, 0.25) is 0 Å². The maximum absolute atomic E-state index is 4.13. The smallest absolute Gasteiger partial charge is 0.0367 e. The molecule has 0 bridgehead atoms. The van der Waals surface area contributed by atoms with E-state index in [0.717, 1.165) is 6.42 Å². The van der Waals surface area contributed by atoms with Crippen molar-refractivity contribution >= 4 is 5.71 Å². The predicted molar refractivity (Wildman–Crippen MR) is 54.4 cm³/mol. The fourth-order valence-electron chi connectivity index (χ4n) is 0.780. The first-order chi connectivity index (χ1) is 5.26. The molecule has 1 heteroatoms. The predicted octanol–water partition coefficient (Wildman–Crippen LogP) is 3.46. The Morgan fingerprint density at radius 3 is 1.91 bits per heavy atom. The molecule has 0 aromatic heterocycles. The van der Waals surface area contributed by atoms with Gasteiger partial charge in [-0.15, -0.1) is 0 Å². The minimum Gasteiger partial charge on any atom is -0.293 e. The van der Waals surface area contributed by atoms with Gasteiger partial charge in [-0.3, -0.25) is 4.99 Å². The van der Waals surface area contributed by atoms with E-state index in [2.05, 4.69) is 24.9 Å². The van der Waals surface area contributed by atoms with E-state index in [9.17, 15) is 0 Å². The van der Waals surface area contributed by atoms with Crippen LogP contribution in [-0.2, 0) is 0 Å². The summed E-state index contributed by atoms with van der Waals surface area (Å²) in [6.07, 6.45) is 3.12. The van der Waals surface area contributed by atoms with Crippen molar-refractivity contribution in [3.8, 4) is 0 Å². The van der Waals surface area contributed by atoms with Crippen LogP contribution in [0.25, 0.3) is 0 Å². The molecule has 0 aliphatic rings. The molecule has 11 heavy (non-hydrogen) atoms. The summed E-state index contributed by atoms with van der Waals surface area (Å²) >= 11 is 0. The molecule has 0 spiro atoms. The molecule has 0 amide bonds. The first-order valence-corrected chi connectivity index (χ1v) is 4.35. The molecule has 1 nitrogen and oxygen atoms in total. The molecule has 66 valence electrons. The van der Waals surface area contributed by atoms with Crippen LogP contribution in [0.4, 0.5) is 0 Å². The van der Waals surface area contributed by atoms with Gasteiger partial charge in [0.05, 0.1) is 0 Å². The fourth-order valence-corrected chi connectivity index (χ4v) is 0.780. The Morgan fingerprint density at radius 2 is 1.82 bits per heavy atom. The number of hydrogen-bond donors (Lipinski definition) is 0. The highest BCUT2D eigenvalue weighted by molar-refractivity contribution is 5.99. The molecule has 0 aliphatic carbocycles. The fraction of sp³-hybridized carbons (Fsp3) is 0.700. The molecule has 0 saturated heterocycles. The molecule has 0 aliphatic heterocycles. The third-order valence-corrected chi connectivity index (χ3v) is 1.49. The largest absolute Gasteiger partial charge is 0.293 e. The molecule has 0 aromatic carbocycles. The van der Waals surface area contributed by atoms with Gasteiger partial charge in [-0.25, -0.2) is 0 Å². The van der Waals surface area contributed by atoms with Gasteiger partial charge in [0, 0.05) is 12.8 Å². The van der Waals surface area contributed by atoms with Crippen molar-refractivity contribution < 1.29 is 0 Å². The Hall–Kier alpha value is -0.590. The van der Waals surface area contributed by atoms with Crippen LogP contribution < -0.4 is 0 Å². The molecule has 0 fully saturated rings. The zero-order valence-corrected chi connectivity index (χ0v) is 8.73. The molecule has 0 aromatic rings. The average molecular weight is 155 g/mol. The first kappa shape index (κ1) is 13.0. The molecule has 0 unspecified atom stereocenters. The van der Waals surface area contributed by atoms with Crippen LogP contribution in [0.3, 0.4) is 0 Å². The standard InChI is InChI=1S/C8H15N.C2H6/c1-5-7(3)8(6-2)9-4;1-2/h5H,6H2,1-4H3;1-2H3/b7-5-,9-8?;. The molecule has 0 heterocycles. The number of nitrogens with zero attached hydrogens (tertiary/aromatic N) is 1. The number of hydrogen-bond acceptors (Lipinski definition) is 1. The molecule has 0 atom stereocenters. The van der Waals surface area contributed by atoms with Gasteiger partial charge in [-0.2, -0.15) is 0 Å². The van der Waals surface area contributed by atoms with E-state index in [-0.39, 0.29) is 0 Å². The van der Waals surface area contributed by atoms with Gasteiger partial charge in [0.25, 0.3) is 0 Å². The summed E-state index contributed by atoms with van der Waals surface area (Å²) in [7, 11) is 1.84. The normalized spacial score (nSPS) is 12.2. The van der Waals surface area contributed by atoms with Gasteiger partial charge in [0.1, 0.15) is 0 Å². The van der Waals surface area contributed by atoms with Crippen molar-refractivity contribution in [2.75, 3.05) is 7.05 Å². The monoisotopic (exact) mass is 155 g/mol. The highest BCUT2D eigenvalue weighted by atomic mass is 14.7. The molecular weight excluding hydrogens is 134 g/mol. The highest BCUT2D eigenvalue weighted by Gasteiger charge is 1.93. The third kappa shape index (κ3) is 5.84. The molecule has 0 radical (unpaired) electrons. The van der Waals surface area contributed by atoms with E-state index in [1.165, 1.54) is 11.3 Å². The van der Waals surface area contributed by atoms with E-state index in [1.54, 1.807) is 0 Å². The second kappa shape index (κ2) is 9.41. The molecule has 0 N–H and O–H groups in total. The Labute approximate surface area is 71.2 Å². The van der Waals surface area contributed by atoms with Crippen LogP contribution in [0.5, 0.6) is 0 Å². The number of allylic oxidation sites excluding steroid dienone is 2. The van der Waals surface area contributed by atoms with E-state index in [0.29, 0.717) is 0 Å². The van der Waals surface area contributed by atoms with Crippen LogP contribution in [0.2, 0.25) is 0 Å². The van der Waals surface area contributed by atoms with E-state index in [1.807, 2.05) is 27.8 Å². The topological polar surface area (TPSA) is 12.4 Å². The summed E-state index contributed by atoms with van der Waals surface area (Å²) in [6, 6.07) is 0. The maximum atomic E-state index is 4.13. The third-order valence-electron chi connectivity index (χ3n) is 1.49. The van der Waals surface area contributed by atoms with Gasteiger partial charge in [0.15, 0.2) is 0 Å². The minimum atomic E-state index is 1.03. The number of aliphatic imine (C=N–C) groups is 1. The minimum absolute atomic E-state index is 1.03. The summed E-state index contributed by atoms with van der Waals surface area (Å²) < 4.78 is 0. The lowest BCUT2D eigenvalue weighted by molar-refractivity contribution is 1.23. The van der Waals surface area contributed by atoms with Crippen molar-refractivity contribution in [1.29, 1.82) is 0 Å². The Balaban J connectivity index is 0. The summed E-state index contributed by atoms with van der Waals surface area (Å²) in [6.45, 7) is 10.2. The quantitative estimate of drug-likeness (QED) is 0.541. The number of rotatable bonds is 2. The Bertz CT molecular complexity index is 132. The second-order valence-corrected chi connectivity index (χ2v) is 2.00. The lowest BCUT2D eigenvalue weighted by atomic mass is 10.1. The van der Waals surface area contributed by atoms with Crippen molar-refractivity contribution in [3.05, 3.63) is 11.6 Å². The van der Waals surface area contributed by atoms with Crippen molar-refractivity contribution in [1.82, 2.24) is 0 Å². The maximum Gasteiger partial charge on any atom is 0.0367 e. The van der Waals surface area contributed by atoms with Crippen LogP contribution in [0.1, 0.15) is 41.0 Å². The lowest BCUT2D eigenvalue weighted by Crippen LogP contribution is -1.96. The molecular formula is C10H21N. The average Bonchev–Trinajstić information content (AvgIpc) is 2.10. The summed E-state index contributed by atoms with van der Waals surface area (Å²) in [5.74, 6) is 0. The van der Waals surface area contributed by atoms with Crippen LogP contribution in [-0.4, -0.2) is 12.8 Å². The van der Waals surface area contributed by atoms with Gasteiger partial charge < -0.3 is 0 Å². The van der Waals surface area contributed by atoms with Crippen LogP contribution >= 0.6 is 0 Å². The van der Waals surface area contributed by atoms with Crippen LogP contribution in [0.15, 0.2) is 16.6 Å².